The quantitative estimate of drug-likeness (QED) is 0.330. The van der Waals surface area contributed by atoms with E-state index in [2.05, 4.69) is 74.6 Å². The minimum atomic E-state index is -0.521. The summed E-state index contributed by atoms with van der Waals surface area (Å²) in [6.07, 6.45) is 3.40. The van der Waals surface area contributed by atoms with Crippen LogP contribution in [0, 0.1) is 13.8 Å². The van der Waals surface area contributed by atoms with E-state index in [0.29, 0.717) is 13.1 Å². The topological polar surface area (TPSA) is 91.7 Å². The van der Waals surface area contributed by atoms with Crippen molar-refractivity contribution >= 4 is 38.6 Å². The van der Waals surface area contributed by atoms with Crippen molar-refractivity contribution in [1.29, 1.82) is 0 Å². The number of hydrogen-bond donors (Lipinski definition) is 1. The molecule has 1 aliphatic heterocycles. The zero-order valence-electron chi connectivity index (χ0n) is 24.1. The molecule has 0 unspecified atom stereocenters. The number of aromatic amines is 1. The zero-order chi connectivity index (χ0) is 27.7. The van der Waals surface area contributed by atoms with Crippen LogP contribution in [0.1, 0.15) is 78.0 Å². The average molecular weight is 538 g/mol. The predicted molar refractivity (Wildman–Crippen MR) is 153 cm³/mol. The van der Waals surface area contributed by atoms with Crippen molar-refractivity contribution in [2.75, 3.05) is 18.0 Å². The van der Waals surface area contributed by atoms with Crippen molar-refractivity contribution in [3.05, 3.63) is 29.2 Å². The van der Waals surface area contributed by atoms with Crippen LogP contribution in [0.4, 0.5) is 9.93 Å². The average Bonchev–Trinajstić information content (AvgIpc) is 3.50. The minimum absolute atomic E-state index is 0.000259. The third-order valence-corrected chi connectivity index (χ3v) is 8.47. The summed E-state index contributed by atoms with van der Waals surface area (Å²) in [6.45, 7) is 22.1. The number of fused-ring (bicyclic) bond motifs is 2. The summed E-state index contributed by atoms with van der Waals surface area (Å²) in [5.74, 6) is 0.274. The van der Waals surface area contributed by atoms with Gasteiger partial charge < -0.3 is 19.5 Å². The number of ether oxygens (including phenoxy) is 1. The smallest absolute Gasteiger partial charge is 0.410 e. The van der Waals surface area contributed by atoms with Crippen LogP contribution in [0.15, 0.2) is 12.5 Å². The monoisotopic (exact) mass is 537 g/mol. The Morgan fingerprint density at radius 3 is 2.61 bits per heavy atom. The molecular formula is C28H39N7O2S. The van der Waals surface area contributed by atoms with Crippen molar-refractivity contribution in [2.24, 2.45) is 0 Å². The molecular weight excluding hydrogens is 498 g/mol. The van der Waals surface area contributed by atoms with Crippen LogP contribution in [0.25, 0.3) is 27.3 Å². The number of anilines is 1. The fourth-order valence-electron chi connectivity index (χ4n) is 5.39. The maximum Gasteiger partial charge on any atom is 0.410 e. The third kappa shape index (κ3) is 4.42. The van der Waals surface area contributed by atoms with Gasteiger partial charge in [0, 0.05) is 36.5 Å². The maximum absolute atomic E-state index is 12.9. The van der Waals surface area contributed by atoms with Crippen LogP contribution in [0.5, 0.6) is 0 Å². The first kappa shape index (κ1) is 26.5. The lowest BCUT2D eigenvalue weighted by Gasteiger charge is -2.50. The van der Waals surface area contributed by atoms with Gasteiger partial charge in [-0.05, 0) is 72.4 Å². The lowest BCUT2D eigenvalue weighted by molar-refractivity contribution is 0.00789. The van der Waals surface area contributed by atoms with E-state index >= 15 is 0 Å². The number of amides is 1. The molecule has 4 aromatic heterocycles. The van der Waals surface area contributed by atoms with Crippen molar-refractivity contribution in [3.63, 3.8) is 0 Å². The summed E-state index contributed by atoms with van der Waals surface area (Å²) in [6, 6.07) is 0.000259. The molecule has 0 spiro atoms. The van der Waals surface area contributed by atoms with Gasteiger partial charge in [-0.15, -0.1) is 0 Å². The fourth-order valence-corrected chi connectivity index (χ4v) is 6.55. The number of H-pyrrole nitrogens is 1. The van der Waals surface area contributed by atoms with E-state index in [-0.39, 0.29) is 23.6 Å². The second-order valence-corrected chi connectivity index (χ2v) is 13.4. The standard InChI is InChI=1S/C28H39N7O2S/c1-15(2)20-21(19-12-35-23(29-14-30-35)18(5)17(19)4)31-24-22(20)32-25(38-24)34-11-16(3)33(13-28(34,9)10)26(36)37-27(6,7)8/h12,14-16,31H,11,13H2,1-10H3/t16-/m1/s1. The summed E-state index contributed by atoms with van der Waals surface area (Å²) >= 11 is 1.68. The second-order valence-electron chi connectivity index (χ2n) is 12.4. The minimum Gasteiger partial charge on any atom is -0.444 e. The number of nitrogens with one attached hydrogen (secondary N) is 1. The predicted octanol–water partition coefficient (Wildman–Crippen LogP) is 6.30. The molecule has 0 aromatic carbocycles. The summed E-state index contributed by atoms with van der Waals surface area (Å²) < 4.78 is 7.55. The molecule has 204 valence electrons. The third-order valence-electron chi connectivity index (χ3n) is 7.48. The number of rotatable bonds is 3. The Kier molecular flexibility index (Phi) is 6.24. The highest BCUT2D eigenvalue weighted by molar-refractivity contribution is 7.21. The Bertz CT molecular complexity index is 1520. The Hall–Kier alpha value is -3.14. The highest BCUT2D eigenvalue weighted by Gasteiger charge is 2.42. The molecule has 1 N–H and O–H groups in total. The van der Waals surface area contributed by atoms with Crippen LogP contribution < -0.4 is 4.90 Å². The first-order valence-corrected chi connectivity index (χ1v) is 14.1. The molecule has 0 radical (unpaired) electrons. The normalized spacial score (nSPS) is 18.2. The molecule has 0 bridgehead atoms. The maximum atomic E-state index is 12.9. The molecule has 0 aliphatic carbocycles. The molecule has 5 heterocycles. The van der Waals surface area contributed by atoms with E-state index in [4.69, 9.17) is 9.72 Å². The Morgan fingerprint density at radius 2 is 1.95 bits per heavy atom. The van der Waals surface area contributed by atoms with Gasteiger partial charge in [-0.1, -0.05) is 25.2 Å². The van der Waals surface area contributed by atoms with Gasteiger partial charge in [0.15, 0.2) is 10.8 Å². The van der Waals surface area contributed by atoms with E-state index in [1.807, 2.05) is 30.2 Å². The second kappa shape index (κ2) is 8.97. The summed E-state index contributed by atoms with van der Waals surface area (Å²) in [5.41, 5.74) is 6.82. The molecule has 1 aliphatic rings. The Morgan fingerprint density at radius 1 is 1.24 bits per heavy atom. The number of aryl methyl sites for hydroxylation is 1. The van der Waals surface area contributed by atoms with E-state index in [1.54, 1.807) is 17.7 Å². The first-order chi connectivity index (χ1) is 17.7. The van der Waals surface area contributed by atoms with Gasteiger partial charge in [0.05, 0.1) is 11.2 Å². The molecule has 4 aromatic rings. The number of thiazole rings is 1. The van der Waals surface area contributed by atoms with Crippen LogP contribution >= 0.6 is 11.3 Å². The molecule has 10 heteroatoms. The van der Waals surface area contributed by atoms with Gasteiger partial charge in [-0.25, -0.2) is 19.3 Å². The largest absolute Gasteiger partial charge is 0.444 e. The van der Waals surface area contributed by atoms with Crippen molar-refractivity contribution in [2.45, 2.75) is 92.3 Å². The van der Waals surface area contributed by atoms with Crippen molar-refractivity contribution in [3.8, 4) is 11.3 Å². The Balaban J connectivity index is 1.52. The zero-order valence-corrected chi connectivity index (χ0v) is 24.9. The highest BCUT2D eigenvalue weighted by atomic mass is 32.1. The van der Waals surface area contributed by atoms with Crippen molar-refractivity contribution < 1.29 is 9.53 Å². The van der Waals surface area contributed by atoms with Crippen molar-refractivity contribution in [1.82, 2.24) is 29.5 Å². The van der Waals surface area contributed by atoms with Crippen LogP contribution in [0.2, 0.25) is 0 Å². The summed E-state index contributed by atoms with van der Waals surface area (Å²) in [4.78, 5) is 31.5. The van der Waals surface area contributed by atoms with Crippen LogP contribution in [-0.4, -0.2) is 65.8 Å². The first-order valence-electron chi connectivity index (χ1n) is 13.3. The van der Waals surface area contributed by atoms with E-state index in [1.165, 1.54) is 11.1 Å². The lowest BCUT2D eigenvalue weighted by Crippen LogP contribution is -2.64. The fraction of sp³-hybridized carbons (Fsp3) is 0.571. The molecule has 1 amide bonds. The number of nitrogens with zero attached hydrogens (tertiary/aromatic N) is 6. The number of aromatic nitrogens is 5. The van der Waals surface area contributed by atoms with Crippen LogP contribution in [-0.2, 0) is 4.74 Å². The highest BCUT2D eigenvalue weighted by Crippen LogP contribution is 2.43. The number of pyridine rings is 1. The Labute approximate surface area is 228 Å². The van der Waals surface area contributed by atoms with E-state index in [0.717, 1.165) is 37.9 Å². The van der Waals surface area contributed by atoms with E-state index < -0.39 is 5.60 Å². The number of carbonyl (C=O) groups is 1. The molecule has 9 nitrogen and oxygen atoms in total. The molecule has 1 fully saturated rings. The van der Waals surface area contributed by atoms with Crippen LogP contribution in [0.3, 0.4) is 0 Å². The molecule has 0 saturated carbocycles. The molecule has 1 atom stereocenters. The molecule has 38 heavy (non-hydrogen) atoms. The van der Waals surface area contributed by atoms with Gasteiger partial charge in [0.2, 0.25) is 0 Å². The van der Waals surface area contributed by atoms with Gasteiger partial charge in [-0.3, -0.25) is 0 Å². The van der Waals surface area contributed by atoms with Gasteiger partial charge >= 0.3 is 6.09 Å². The number of hydrogen-bond acceptors (Lipinski definition) is 7. The molecule has 1 saturated heterocycles. The van der Waals surface area contributed by atoms with Gasteiger partial charge in [-0.2, -0.15) is 5.10 Å². The molecule has 5 rings (SSSR count). The van der Waals surface area contributed by atoms with E-state index in [9.17, 15) is 4.79 Å². The van der Waals surface area contributed by atoms with Gasteiger partial charge in [0.1, 0.15) is 22.3 Å². The summed E-state index contributed by atoms with van der Waals surface area (Å²) in [5, 5.41) is 5.37. The van der Waals surface area contributed by atoms with Gasteiger partial charge in [0.25, 0.3) is 0 Å². The summed E-state index contributed by atoms with van der Waals surface area (Å²) in [7, 11) is 0. The number of carbonyl (C=O) groups excluding carboxylic acids is 1. The number of piperazine rings is 1. The lowest BCUT2D eigenvalue weighted by atomic mass is 9.95. The SMILES string of the molecule is Cc1c(-c2[nH]c3sc(N4C[C@@H](C)N(C(=O)OC(C)(C)C)CC4(C)C)nc3c2C(C)C)cn2ncnc2c1C.